The van der Waals surface area contributed by atoms with E-state index in [1.165, 1.54) is 42.6 Å². The van der Waals surface area contributed by atoms with Gasteiger partial charge in [-0.1, -0.05) is 32.4 Å². The average Bonchev–Trinajstić information content (AvgIpc) is 2.44. The van der Waals surface area contributed by atoms with Gasteiger partial charge in [0, 0.05) is 31.9 Å². The van der Waals surface area contributed by atoms with E-state index in [0.717, 1.165) is 12.5 Å². The Morgan fingerprint density at radius 2 is 2.11 bits per heavy atom. The highest BCUT2D eigenvalue weighted by Crippen LogP contribution is 2.26. The van der Waals surface area contributed by atoms with Gasteiger partial charge in [0.15, 0.2) is 0 Å². The summed E-state index contributed by atoms with van der Waals surface area (Å²) in [5.74, 6) is 0.740. The molecule has 106 valence electrons. The van der Waals surface area contributed by atoms with Crippen LogP contribution in [0.5, 0.6) is 0 Å². The number of fused-ring (bicyclic) bond motifs is 1. The molecule has 0 saturated carbocycles. The number of hydrogen-bond donors (Lipinski definition) is 1. The van der Waals surface area contributed by atoms with Crippen molar-refractivity contribution >= 4 is 5.69 Å². The smallest absolute Gasteiger partial charge is 0.0396 e. The summed E-state index contributed by atoms with van der Waals surface area (Å²) in [6, 6.07) is 7.54. The standard InChI is InChI=1S/C17H28N2/c1-5-13(2)14(3)18-12-15-8-9-17-16(11-15)7-6-10-19(17)4/h8-9,11,13-14,18H,5-7,10,12H2,1-4H3. The molecule has 0 aliphatic carbocycles. The van der Waals surface area contributed by atoms with E-state index < -0.39 is 0 Å². The summed E-state index contributed by atoms with van der Waals surface area (Å²) >= 11 is 0. The second-order valence-electron chi connectivity index (χ2n) is 6.04. The molecule has 0 fully saturated rings. The second-order valence-corrected chi connectivity index (χ2v) is 6.04. The van der Waals surface area contributed by atoms with Crippen LogP contribution >= 0.6 is 0 Å². The summed E-state index contributed by atoms with van der Waals surface area (Å²) in [6.07, 6.45) is 3.75. The lowest BCUT2D eigenvalue weighted by Crippen LogP contribution is -2.31. The maximum Gasteiger partial charge on any atom is 0.0396 e. The van der Waals surface area contributed by atoms with Gasteiger partial charge in [0.25, 0.3) is 0 Å². The van der Waals surface area contributed by atoms with Crippen molar-refractivity contribution in [1.29, 1.82) is 0 Å². The minimum absolute atomic E-state index is 0.587. The predicted molar refractivity (Wildman–Crippen MR) is 83.8 cm³/mol. The van der Waals surface area contributed by atoms with Gasteiger partial charge in [-0.05, 0) is 42.9 Å². The first-order valence-electron chi connectivity index (χ1n) is 7.68. The zero-order chi connectivity index (χ0) is 13.8. The molecule has 1 aromatic rings. The number of anilines is 1. The van der Waals surface area contributed by atoms with Crippen LogP contribution in [0.2, 0.25) is 0 Å². The Balaban J connectivity index is 1.98. The first-order chi connectivity index (χ1) is 9.11. The molecule has 0 saturated heterocycles. The third-order valence-corrected chi connectivity index (χ3v) is 4.62. The molecule has 2 rings (SSSR count). The van der Waals surface area contributed by atoms with E-state index in [9.17, 15) is 0 Å². The first kappa shape index (κ1) is 14.4. The van der Waals surface area contributed by atoms with Gasteiger partial charge in [-0.2, -0.15) is 0 Å². The molecule has 0 radical (unpaired) electrons. The van der Waals surface area contributed by atoms with Crippen LogP contribution in [-0.2, 0) is 13.0 Å². The van der Waals surface area contributed by atoms with Gasteiger partial charge in [0.1, 0.15) is 0 Å². The Morgan fingerprint density at radius 1 is 1.32 bits per heavy atom. The van der Waals surface area contributed by atoms with Gasteiger partial charge < -0.3 is 10.2 Å². The van der Waals surface area contributed by atoms with Gasteiger partial charge in [-0.3, -0.25) is 0 Å². The lowest BCUT2D eigenvalue weighted by atomic mass is 9.98. The number of nitrogens with zero attached hydrogens (tertiary/aromatic N) is 1. The maximum absolute atomic E-state index is 3.65. The molecular formula is C17H28N2. The van der Waals surface area contributed by atoms with E-state index in [-0.39, 0.29) is 0 Å². The second kappa shape index (κ2) is 6.42. The number of nitrogens with one attached hydrogen (secondary N) is 1. The topological polar surface area (TPSA) is 15.3 Å². The minimum atomic E-state index is 0.587. The zero-order valence-corrected chi connectivity index (χ0v) is 12.9. The zero-order valence-electron chi connectivity index (χ0n) is 12.9. The Bertz CT molecular complexity index is 414. The molecule has 0 bridgehead atoms. The molecule has 0 spiro atoms. The van der Waals surface area contributed by atoms with Gasteiger partial charge in [-0.15, -0.1) is 0 Å². The van der Waals surface area contributed by atoms with Crippen LogP contribution in [0.25, 0.3) is 0 Å². The fourth-order valence-electron chi connectivity index (χ4n) is 2.78. The molecule has 1 aliphatic heterocycles. The van der Waals surface area contributed by atoms with Crippen molar-refractivity contribution in [3.05, 3.63) is 29.3 Å². The van der Waals surface area contributed by atoms with E-state index in [2.05, 4.69) is 56.2 Å². The highest BCUT2D eigenvalue weighted by molar-refractivity contribution is 5.56. The van der Waals surface area contributed by atoms with E-state index in [4.69, 9.17) is 0 Å². The van der Waals surface area contributed by atoms with Crippen LogP contribution in [0.3, 0.4) is 0 Å². The Hall–Kier alpha value is -1.02. The summed E-state index contributed by atoms with van der Waals surface area (Å²) < 4.78 is 0. The van der Waals surface area contributed by atoms with Crippen LogP contribution in [0.4, 0.5) is 5.69 Å². The maximum atomic E-state index is 3.65. The molecule has 2 nitrogen and oxygen atoms in total. The number of aryl methyl sites for hydroxylation is 1. The molecule has 1 aliphatic rings. The highest BCUT2D eigenvalue weighted by atomic mass is 15.1. The number of benzene rings is 1. The monoisotopic (exact) mass is 260 g/mol. The minimum Gasteiger partial charge on any atom is -0.374 e. The normalized spacial score (nSPS) is 18.0. The fourth-order valence-corrected chi connectivity index (χ4v) is 2.78. The van der Waals surface area contributed by atoms with Gasteiger partial charge in [0.05, 0.1) is 0 Å². The van der Waals surface area contributed by atoms with E-state index in [0.29, 0.717) is 6.04 Å². The van der Waals surface area contributed by atoms with E-state index in [1.54, 1.807) is 0 Å². The molecule has 2 unspecified atom stereocenters. The van der Waals surface area contributed by atoms with Crippen LogP contribution in [0, 0.1) is 5.92 Å². The van der Waals surface area contributed by atoms with Crippen molar-refractivity contribution in [2.75, 3.05) is 18.5 Å². The van der Waals surface area contributed by atoms with Crippen molar-refractivity contribution < 1.29 is 0 Å². The molecule has 19 heavy (non-hydrogen) atoms. The van der Waals surface area contributed by atoms with E-state index in [1.807, 2.05) is 0 Å². The summed E-state index contributed by atoms with van der Waals surface area (Å²) in [6.45, 7) is 9.05. The predicted octanol–water partition coefficient (Wildman–Crippen LogP) is 3.59. The van der Waals surface area contributed by atoms with Crippen molar-refractivity contribution in [3.8, 4) is 0 Å². The van der Waals surface area contributed by atoms with Crippen LogP contribution in [0.15, 0.2) is 18.2 Å². The van der Waals surface area contributed by atoms with Gasteiger partial charge in [-0.25, -0.2) is 0 Å². The van der Waals surface area contributed by atoms with Crippen LogP contribution in [-0.4, -0.2) is 19.6 Å². The quantitative estimate of drug-likeness (QED) is 0.870. The van der Waals surface area contributed by atoms with Crippen molar-refractivity contribution in [2.45, 2.75) is 52.6 Å². The van der Waals surface area contributed by atoms with Crippen molar-refractivity contribution in [2.24, 2.45) is 5.92 Å². The Labute approximate surface area is 118 Å². The lowest BCUT2D eigenvalue weighted by molar-refractivity contribution is 0.389. The first-order valence-corrected chi connectivity index (χ1v) is 7.68. The molecule has 2 atom stereocenters. The fraction of sp³-hybridized carbons (Fsp3) is 0.647. The number of rotatable bonds is 5. The molecule has 0 amide bonds. The van der Waals surface area contributed by atoms with E-state index >= 15 is 0 Å². The summed E-state index contributed by atoms with van der Waals surface area (Å²) in [4.78, 5) is 2.37. The van der Waals surface area contributed by atoms with Gasteiger partial charge >= 0.3 is 0 Å². The molecule has 1 heterocycles. The molecule has 0 aromatic heterocycles. The Kier molecular flexibility index (Phi) is 4.87. The Morgan fingerprint density at radius 3 is 2.84 bits per heavy atom. The average molecular weight is 260 g/mol. The summed E-state index contributed by atoms with van der Waals surface area (Å²) in [5, 5.41) is 3.65. The third kappa shape index (κ3) is 3.50. The lowest BCUT2D eigenvalue weighted by Gasteiger charge is -2.28. The highest BCUT2D eigenvalue weighted by Gasteiger charge is 2.14. The molecule has 1 aromatic carbocycles. The summed E-state index contributed by atoms with van der Waals surface area (Å²) in [7, 11) is 2.20. The molecule has 2 heteroatoms. The number of hydrogen-bond acceptors (Lipinski definition) is 2. The third-order valence-electron chi connectivity index (χ3n) is 4.62. The SMILES string of the molecule is CCC(C)C(C)NCc1ccc2c(c1)CCCN2C. The largest absolute Gasteiger partial charge is 0.374 e. The van der Waals surface area contributed by atoms with Gasteiger partial charge in [0.2, 0.25) is 0 Å². The van der Waals surface area contributed by atoms with Crippen LogP contribution in [0.1, 0.15) is 44.7 Å². The van der Waals surface area contributed by atoms with Crippen molar-refractivity contribution in [1.82, 2.24) is 5.32 Å². The van der Waals surface area contributed by atoms with Crippen molar-refractivity contribution in [3.63, 3.8) is 0 Å². The van der Waals surface area contributed by atoms with Crippen LogP contribution < -0.4 is 10.2 Å². The molecular weight excluding hydrogens is 232 g/mol. The molecule has 1 N–H and O–H groups in total. The summed E-state index contributed by atoms with van der Waals surface area (Å²) in [5.41, 5.74) is 4.36.